The van der Waals surface area contributed by atoms with Gasteiger partial charge in [-0.15, -0.1) is 0 Å². The Morgan fingerprint density at radius 2 is 1.52 bits per heavy atom. The van der Waals surface area contributed by atoms with Gasteiger partial charge < -0.3 is 9.64 Å². The highest BCUT2D eigenvalue weighted by Crippen LogP contribution is 2.48. The zero-order chi connectivity index (χ0) is 18.8. The van der Waals surface area contributed by atoms with Crippen LogP contribution in [0.25, 0.3) is 5.57 Å². The Morgan fingerprint density at radius 1 is 0.852 bits per heavy atom. The predicted molar refractivity (Wildman–Crippen MR) is 109 cm³/mol. The van der Waals surface area contributed by atoms with Gasteiger partial charge in [0.1, 0.15) is 11.4 Å². The van der Waals surface area contributed by atoms with E-state index in [1.165, 1.54) is 33.5 Å². The molecule has 3 nitrogen and oxygen atoms in total. The number of hydrogen-bond acceptors (Lipinski definition) is 3. The summed E-state index contributed by atoms with van der Waals surface area (Å²) in [5, 5.41) is 0. The Hall–Kier alpha value is -2.65. The van der Waals surface area contributed by atoms with Gasteiger partial charge in [0.25, 0.3) is 0 Å². The first-order valence-electron chi connectivity index (χ1n) is 9.53. The third-order valence-electron chi connectivity index (χ3n) is 5.75. The van der Waals surface area contributed by atoms with Crippen LogP contribution in [0.4, 0.5) is 0 Å². The third-order valence-corrected chi connectivity index (χ3v) is 5.75. The summed E-state index contributed by atoms with van der Waals surface area (Å²) in [6, 6.07) is 19.2. The van der Waals surface area contributed by atoms with E-state index < -0.39 is 0 Å². The van der Waals surface area contributed by atoms with Gasteiger partial charge in [-0.05, 0) is 38.8 Å². The maximum atomic E-state index is 6.44. The summed E-state index contributed by atoms with van der Waals surface area (Å²) in [5.41, 5.74) is 6.72. The Labute approximate surface area is 160 Å². The minimum Gasteiger partial charge on any atom is -0.359 e. The summed E-state index contributed by atoms with van der Waals surface area (Å²) in [6.45, 7) is 9.32. The van der Waals surface area contributed by atoms with Crippen LogP contribution in [-0.2, 0) is 4.74 Å². The maximum absolute atomic E-state index is 6.44. The summed E-state index contributed by atoms with van der Waals surface area (Å²) >= 11 is 0. The molecule has 3 aliphatic heterocycles. The van der Waals surface area contributed by atoms with Gasteiger partial charge in [-0.1, -0.05) is 54.6 Å². The van der Waals surface area contributed by atoms with Crippen LogP contribution in [0.2, 0.25) is 0 Å². The van der Waals surface area contributed by atoms with Crippen molar-refractivity contribution in [3.8, 4) is 0 Å². The van der Waals surface area contributed by atoms with E-state index in [1.54, 1.807) is 0 Å². The van der Waals surface area contributed by atoms with Crippen LogP contribution in [0, 0.1) is 0 Å². The molecule has 3 heterocycles. The van der Waals surface area contributed by atoms with E-state index in [1.807, 2.05) is 0 Å². The van der Waals surface area contributed by atoms with Crippen molar-refractivity contribution in [2.75, 3.05) is 6.54 Å². The molecule has 27 heavy (non-hydrogen) atoms. The Balaban J connectivity index is 1.76. The first-order chi connectivity index (χ1) is 12.9. The number of ether oxygens (including phenoxy) is 1. The van der Waals surface area contributed by atoms with Crippen LogP contribution in [0.15, 0.2) is 77.1 Å². The number of rotatable bonds is 1. The lowest BCUT2D eigenvalue weighted by Crippen LogP contribution is -2.40. The van der Waals surface area contributed by atoms with Gasteiger partial charge in [0.05, 0.1) is 17.8 Å². The topological polar surface area (TPSA) is 24.8 Å². The fraction of sp³-hybridized carbons (Fsp3) is 0.292. The Bertz CT molecular complexity index is 1030. The molecule has 0 N–H and O–H groups in total. The van der Waals surface area contributed by atoms with Crippen molar-refractivity contribution in [3.05, 3.63) is 88.8 Å². The molecule has 0 saturated heterocycles. The molecule has 0 radical (unpaired) electrons. The molecule has 0 fully saturated rings. The number of nitrogens with zero attached hydrogens (tertiary/aromatic N) is 2. The van der Waals surface area contributed by atoms with Gasteiger partial charge >= 0.3 is 0 Å². The summed E-state index contributed by atoms with van der Waals surface area (Å²) in [6.07, 6.45) is 2.25. The molecule has 0 atom stereocenters. The standard InChI is InChI=1S/C24H24N2O/c1-23(2)20-14-25-22-18-13-9-8-12-17(18)19(16-10-6-5-7-11-16)15-26(22)21(20)24(3,4)27-23/h5-13,15H,14H2,1-4H3. The molecule has 3 heteroatoms. The van der Waals surface area contributed by atoms with Crippen LogP contribution >= 0.6 is 0 Å². The normalized spacial score (nSPS) is 21.9. The van der Waals surface area contributed by atoms with E-state index >= 15 is 0 Å². The highest BCUT2D eigenvalue weighted by Gasteiger charge is 2.50. The van der Waals surface area contributed by atoms with Gasteiger partial charge in [0.15, 0.2) is 0 Å². The monoisotopic (exact) mass is 356 g/mol. The fourth-order valence-corrected chi connectivity index (χ4v) is 4.73. The van der Waals surface area contributed by atoms with Crippen LogP contribution in [-0.4, -0.2) is 28.5 Å². The lowest BCUT2D eigenvalue weighted by atomic mass is 9.87. The van der Waals surface area contributed by atoms with Crippen molar-refractivity contribution < 1.29 is 4.74 Å². The molecule has 3 aliphatic rings. The average Bonchev–Trinajstić information content (AvgIpc) is 2.85. The van der Waals surface area contributed by atoms with Crippen molar-refractivity contribution in [2.45, 2.75) is 38.9 Å². The lowest BCUT2D eigenvalue weighted by molar-refractivity contribution is -0.0604. The van der Waals surface area contributed by atoms with Gasteiger partial charge in [-0.3, -0.25) is 4.99 Å². The van der Waals surface area contributed by atoms with Crippen LogP contribution in [0.5, 0.6) is 0 Å². The Morgan fingerprint density at radius 3 is 2.26 bits per heavy atom. The van der Waals surface area contributed by atoms with E-state index in [2.05, 4.69) is 93.4 Å². The molecule has 0 bridgehead atoms. The number of aliphatic imine (C=N–C) groups is 1. The van der Waals surface area contributed by atoms with Crippen molar-refractivity contribution in [2.24, 2.45) is 4.99 Å². The van der Waals surface area contributed by atoms with Gasteiger partial charge in [-0.25, -0.2) is 0 Å². The fourth-order valence-electron chi connectivity index (χ4n) is 4.73. The minimum absolute atomic E-state index is 0.300. The van der Waals surface area contributed by atoms with E-state index in [4.69, 9.17) is 9.73 Å². The highest BCUT2D eigenvalue weighted by atomic mass is 16.5. The summed E-state index contributed by atoms with van der Waals surface area (Å²) in [7, 11) is 0. The second-order valence-electron chi connectivity index (χ2n) is 8.41. The number of fused-ring (bicyclic) bond motifs is 4. The smallest absolute Gasteiger partial charge is 0.140 e. The lowest BCUT2D eigenvalue weighted by Gasteiger charge is -2.38. The number of amidine groups is 1. The van der Waals surface area contributed by atoms with E-state index in [0.29, 0.717) is 6.54 Å². The quantitative estimate of drug-likeness (QED) is 0.719. The zero-order valence-corrected chi connectivity index (χ0v) is 16.3. The first kappa shape index (κ1) is 16.5. The summed E-state index contributed by atoms with van der Waals surface area (Å²) in [4.78, 5) is 7.26. The van der Waals surface area contributed by atoms with Crippen LogP contribution in [0.1, 0.15) is 44.4 Å². The minimum atomic E-state index is -0.357. The predicted octanol–water partition coefficient (Wildman–Crippen LogP) is 4.99. The SMILES string of the molecule is CC1(C)OC(C)(C)C2=C1CN=C1c3ccccc3C(c3ccccc3)=CN12. The largest absolute Gasteiger partial charge is 0.359 e. The van der Waals surface area contributed by atoms with Crippen molar-refractivity contribution >= 4 is 11.4 Å². The van der Waals surface area contributed by atoms with Gasteiger partial charge in [0.2, 0.25) is 0 Å². The molecule has 0 amide bonds. The second-order valence-corrected chi connectivity index (χ2v) is 8.41. The van der Waals surface area contributed by atoms with E-state index in [9.17, 15) is 0 Å². The summed E-state index contributed by atoms with van der Waals surface area (Å²) in [5.74, 6) is 1.03. The maximum Gasteiger partial charge on any atom is 0.140 e. The van der Waals surface area contributed by atoms with Crippen LogP contribution < -0.4 is 0 Å². The molecule has 0 spiro atoms. The van der Waals surface area contributed by atoms with Crippen molar-refractivity contribution in [3.63, 3.8) is 0 Å². The van der Waals surface area contributed by atoms with Crippen molar-refractivity contribution in [1.29, 1.82) is 0 Å². The van der Waals surface area contributed by atoms with Crippen molar-refractivity contribution in [1.82, 2.24) is 4.90 Å². The third kappa shape index (κ3) is 2.35. The molecule has 5 rings (SSSR count). The Kier molecular flexibility index (Phi) is 3.32. The van der Waals surface area contributed by atoms with E-state index in [0.717, 1.165) is 5.84 Å². The molecule has 0 saturated carbocycles. The molecule has 0 aromatic heterocycles. The molecule has 136 valence electrons. The molecule has 0 aliphatic carbocycles. The van der Waals surface area contributed by atoms with Gasteiger partial charge in [-0.2, -0.15) is 0 Å². The second kappa shape index (κ2) is 5.43. The molecule has 2 aromatic carbocycles. The number of hydrogen-bond donors (Lipinski definition) is 0. The number of benzene rings is 2. The zero-order valence-electron chi connectivity index (χ0n) is 16.3. The first-order valence-corrected chi connectivity index (χ1v) is 9.53. The van der Waals surface area contributed by atoms with Crippen LogP contribution in [0.3, 0.4) is 0 Å². The summed E-state index contributed by atoms with van der Waals surface area (Å²) < 4.78 is 6.44. The molecule has 2 aromatic rings. The van der Waals surface area contributed by atoms with E-state index in [-0.39, 0.29) is 11.2 Å². The van der Waals surface area contributed by atoms with Gasteiger partial charge in [0, 0.05) is 22.9 Å². The molecular weight excluding hydrogens is 332 g/mol. The average molecular weight is 356 g/mol. The molecular formula is C24H24N2O. The highest BCUT2D eigenvalue weighted by molar-refractivity contribution is 6.09. The molecule has 0 unspecified atom stereocenters.